The van der Waals surface area contributed by atoms with Crippen LogP contribution in [0.2, 0.25) is 5.02 Å². The Morgan fingerprint density at radius 1 is 0.354 bits per heavy atom. The average Bonchev–Trinajstić information content (AvgIpc) is 3.22. The van der Waals surface area contributed by atoms with Gasteiger partial charge < -0.3 is 9.80 Å². The van der Waals surface area contributed by atoms with E-state index in [2.05, 4.69) is 268 Å². The molecule has 0 radical (unpaired) electrons. The Morgan fingerprint density at radius 3 is 0.923 bits per heavy atom. The summed E-state index contributed by atoms with van der Waals surface area (Å²) in [5, 5.41) is 0.714. The number of rotatable bonds is 10. The molecule has 0 heterocycles. The molecule has 0 saturated carbocycles. The van der Waals surface area contributed by atoms with Gasteiger partial charge >= 0.3 is 0 Å². The minimum absolute atomic E-state index is 0.0107. The highest BCUT2D eigenvalue weighted by atomic mass is 35.5. The van der Waals surface area contributed by atoms with Crippen molar-refractivity contribution in [2.45, 2.75) is 164 Å². The van der Waals surface area contributed by atoms with E-state index in [4.69, 9.17) is 11.6 Å². The normalized spacial score (nSPS) is 13.4. The van der Waals surface area contributed by atoms with Crippen LogP contribution >= 0.6 is 11.6 Å². The fourth-order valence-electron chi connectivity index (χ4n) is 8.71. The Bertz CT molecular complexity index is 2390. The zero-order valence-corrected chi connectivity index (χ0v) is 44.0. The maximum atomic E-state index is 8.14. The van der Waals surface area contributed by atoms with Crippen molar-refractivity contribution in [1.29, 1.82) is 0 Å². The summed E-state index contributed by atoms with van der Waals surface area (Å²) in [4.78, 5) is 4.89. The molecule has 6 rings (SSSR count). The van der Waals surface area contributed by atoms with Gasteiger partial charge in [-0.25, -0.2) is 0 Å². The first kappa shape index (κ1) is 49.6. The van der Waals surface area contributed by atoms with Gasteiger partial charge in [0, 0.05) is 29.0 Å². The predicted molar refractivity (Wildman–Crippen MR) is 286 cm³/mol. The highest BCUT2D eigenvalue weighted by molar-refractivity contribution is 6.36. The van der Waals surface area contributed by atoms with Gasteiger partial charge in [0.1, 0.15) is 0 Å². The van der Waals surface area contributed by atoms with Crippen LogP contribution in [0.25, 0.3) is 0 Å². The van der Waals surface area contributed by atoms with Crippen molar-refractivity contribution in [1.82, 2.24) is 0 Å². The van der Waals surface area contributed by atoms with Crippen LogP contribution < -0.4 is 9.80 Å². The number of hydrogen-bond acceptors (Lipinski definition) is 2. The lowest BCUT2D eigenvalue weighted by Gasteiger charge is -2.37. The second-order valence-corrected chi connectivity index (χ2v) is 24.5. The minimum Gasteiger partial charge on any atom is -0.337 e. The minimum atomic E-state index is -0.0827. The summed E-state index contributed by atoms with van der Waals surface area (Å²) in [6, 6.07) is 51.0. The molecule has 2 nitrogen and oxygen atoms in total. The Hall–Kier alpha value is -4.79. The molecule has 0 aromatic heterocycles. The van der Waals surface area contributed by atoms with Gasteiger partial charge in [0.25, 0.3) is 0 Å². The first-order valence-electron chi connectivity index (χ1n) is 24.0. The van der Waals surface area contributed by atoms with Crippen LogP contribution in [-0.2, 0) is 27.1 Å². The molecule has 6 aromatic carbocycles. The fraction of sp³-hybridized carbons (Fsp3) is 0.419. The monoisotopic (exact) mass is 887 g/mol. The summed E-state index contributed by atoms with van der Waals surface area (Å²) < 4.78 is 0. The standard InChI is InChI=1S/C62H79ClN2/c1-41(2)42(3)64(51-33-27-48(28-34-51)60(10,11)12)54-39-45(56(43-19-23-46(24-20-43)58(4,5)6)44-21-25-47(26-22-44)59(7,8)9)40-55(57(54)63)65(52-35-29-49(30-36-52)61(13,14)15)53-37-31-50(32-38-53)62(16,17)18/h19-42,56H,1-18H3. The van der Waals surface area contributed by atoms with Gasteiger partial charge in [-0.2, -0.15) is 0 Å². The van der Waals surface area contributed by atoms with Crippen LogP contribution in [0, 0.1) is 5.92 Å². The molecule has 1 unspecified atom stereocenters. The molecule has 344 valence electrons. The quantitative estimate of drug-likeness (QED) is 0.126. The summed E-state index contributed by atoms with van der Waals surface area (Å²) >= 11 is 8.14. The molecule has 0 N–H and O–H groups in total. The van der Waals surface area contributed by atoms with E-state index in [0.29, 0.717) is 10.9 Å². The first-order valence-corrected chi connectivity index (χ1v) is 24.4. The largest absolute Gasteiger partial charge is 0.337 e. The molecule has 0 aliphatic heterocycles. The van der Waals surface area contributed by atoms with Crippen LogP contribution in [-0.4, -0.2) is 6.04 Å². The van der Waals surface area contributed by atoms with Crippen molar-refractivity contribution < 1.29 is 0 Å². The number of nitrogens with zero attached hydrogens (tertiary/aromatic N) is 2. The Balaban J connectivity index is 1.74. The van der Waals surface area contributed by atoms with E-state index in [1.165, 1.54) is 44.5 Å². The Morgan fingerprint density at radius 2 is 0.631 bits per heavy atom. The fourth-order valence-corrected chi connectivity index (χ4v) is 9.00. The van der Waals surface area contributed by atoms with Crippen molar-refractivity contribution in [2.24, 2.45) is 5.92 Å². The third-order valence-electron chi connectivity index (χ3n) is 13.5. The molecular weight excluding hydrogens is 808 g/mol. The molecule has 1 atom stereocenters. The average molecular weight is 888 g/mol. The maximum absolute atomic E-state index is 8.14. The predicted octanol–water partition coefficient (Wildman–Crippen LogP) is 18.7. The number of halogens is 1. The van der Waals surface area contributed by atoms with E-state index in [9.17, 15) is 0 Å². The van der Waals surface area contributed by atoms with E-state index in [-0.39, 0.29) is 39.0 Å². The van der Waals surface area contributed by atoms with Gasteiger partial charge in [0.2, 0.25) is 0 Å². The van der Waals surface area contributed by atoms with Gasteiger partial charge in [0.05, 0.1) is 16.4 Å². The molecule has 65 heavy (non-hydrogen) atoms. The lowest BCUT2D eigenvalue weighted by atomic mass is 9.80. The number of benzene rings is 6. The lowest BCUT2D eigenvalue weighted by Crippen LogP contribution is -2.33. The highest BCUT2D eigenvalue weighted by Crippen LogP contribution is 2.49. The van der Waals surface area contributed by atoms with E-state index in [1.54, 1.807) is 0 Å². The van der Waals surface area contributed by atoms with E-state index >= 15 is 0 Å². The maximum Gasteiger partial charge on any atom is 0.0883 e. The topological polar surface area (TPSA) is 6.48 Å². The first-order chi connectivity index (χ1) is 30.1. The summed E-state index contributed by atoms with van der Waals surface area (Å²) in [5.41, 5.74) is 15.5. The molecule has 0 bridgehead atoms. The smallest absolute Gasteiger partial charge is 0.0883 e. The van der Waals surface area contributed by atoms with Crippen LogP contribution in [0.1, 0.15) is 175 Å². The third kappa shape index (κ3) is 11.3. The zero-order chi connectivity index (χ0) is 48.0. The van der Waals surface area contributed by atoms with Crippen molar-refractivity contribution >= 4 is 40.0 Å². The van der Waals surface area contributed by atoms with Gasteiger partial charge in [-0.1, -0.05) is 214 Å². The Kier molecular flexibility index (Phi) is 14.1. The zero-order valence-electron chi connectivity index (χ0n) is 43.2. The lowest BCUT2D eigenvalue weighted by molar-refractivity contribution is 0.518. The molecular formula is C62H79ClN2. The van der Waals surface area contributed by atoms with Crippen molar-refractivity contribution in [2.75, 3.05) is 9.80 Å². The molecule has 0 amide bonds. The van der Waals surface area contributed by atoms with Crippen LogP contribution in [0.3, 0.4) is 0 Å². The molecule has 0 saturated heterocycles. The highest BCUT2D eigenvalue weighted by Gasteiger charge is 2.31. The second-order valence-electron chi connectivity index (χ2n) is 24.1. The summed E-state index contributed by atoms with van der Waals surface area (Å²) in [6.45, 7) is 41.2. The van der Waals surface area contributed by atoms with Crippen LogP contribution in [0.15, 0.2) is 133 Å². The number of anilines is 5. The van der Waals surface area contributed by atoms with Crippen molar-refractivity contribution in [3.05, 3.63) is 183 Å². The molecule has 3 heteroatoms. The number of hydrogen-bond donors (Lipinski definition) is 0. The van der Waals surface area contributed by atoms with E-state index in [0.717, 1.165) is 28.4 Å². The summed E-state index contributed by atoms with van der Waals surface area (Å²) in [7, 11) is 0. The van der Waals surface area contributed by atoms with Crippen LogP contribution in [0.4, 0.5) is 28.4 Å². The molecule has 0 aliphatic rings. The summed E-state index contributed by atoms with van der Waals surface area (Å²) in [6.07, 6.45) is 0. The van der Waals surface area contributed by atoms with Crippen LogP contribution in [0.5, 0.6) is 0 Å². The Labute approximate surface area is 400 Å². The van der Waals surface area contributed by atoms with Gasteiger partial charge in [-0.3, -0.25) is 0 Å². The SMILES string of the molecule is CC(C)C(C)N(c1ccc(C(C)(C)C)cc1)c1cc(C(c2ccc(C(C)(C)C)cc2)c2ccc(C(C)(C)C)cc2)cc(N(c2ccc(C(C)(C)C)cc2)c2ccc(C(C)(C)C)cc2)c1Cl. The van der Waals surface area contributed by atoms with E-state index in [1.807, 2.05) is 0 Å². The van der Waals surface area contributed by atoms with Gasteiger partial charge in [0.15, 0.2) is 0 Å². The van der Waals surface area contributed by atoms with Crippen molar-refractivity contribution in [3.8, 4) is 0 Å². The second kappa shape index (κ2) is 18.5. The van der Waals surface area contributed by atoms with Gasteiger partial charge in [-0.05, 0) is 133 Å². The molecule has 6 aromatic rings. The van der Waals surface area contributed by atoms with E-state index < -0.39 is 0 Å². The van der Waals surface area contributed by atoms with Crippen molar-refractivity contribution in [3.63, 3.8) is 0 Å². The summed E-state index contributed by atoms with van der Waals surface area (Å²) in [5.74, 6) is 0.248. The molecule has 0 fully saturated rings. The molecule has 0 spiro atoms. The molecule has 0 aliphatic carbocycles. The third-order valence-corrected chi connectivity index (χ3v) is 13.9. The van der Waals surface area contributed by atoms with Gasteiger partial charge in [-0.15, -0.1) is 0 Å².